The lowest BCUT2D eigenvalue weighted by Gasteiger charge is -2.22. The Kier molecular flexibility index (Phi) is 6.93. The molecule has 2 amide bonds. The van der Waals surface area contributed by atoms with Gasteiger partial charge in [-0.05, 0) is 24.3 Å². The molecule has 0 aliphatic rings. The summed E-state index contributed by atoms with van der Waals surface area (Å²) in [6.07, 6.45) is 0. The molecule has 0 spiro atoms. The van der Waals surface area contributed by atoms with Crippen LogP contribution in [0, 0.1) is 20.2 Å². The van der Waals surface area contributed by atoms with Crippen LogP contribution in [-0.2, 0) is 0 Å². The Morgan fingerprint density at radius 1 is 0.650 bits per heavy atom. The van der Waals surface area contributed by atoms with Gasteiger partial charge in [0.05, 0.1) is 21.2 Å². The number of nitro benzene ring substituents is 2. The quantitative estimate of drug-likeness (QED) is 0.145. The van der Waals surface area contributed by atoms with Gasteiger partial charge in [0.1, 0.15) is 16.9 Å². The molecule has 4 aromatic carbocycles. The number of nitro groups is 2. The van der Waals surface area contributed by atoms with Gasteiger partial charge in [0, 0.05) is 23.8 Å². The first-order valence-electron chi connectivity index (χ1n) is 11.9. The Bertz CT molecular complexity index is 1680. The third-order valence-corrected chi connectivity index (χ3v) is 6.06. The second-order valence-electron chi connectivity index (χ2n) is 8.50. The van der Waals surface area contributed by atoms with E-state index in [9.17, 15) is 29.8 Å². The molecule has 0 atom stereocenters. The van der Waals surface area contributed by atoms with E-state index in [2.05, 4.69) is 5.10 Å². The molecule has 40 heavy (non-hydrogen) atoms. The lowest BCUT2D eigenvalue weighted by molar-refractivity contribution is -0.385. The number of anilines is 1. The van der Waals surface area contributed by atoms with Crippen molar-refractivity contribution in [1.29, 1.82) is 0 Å². The number of rotatable bonds is 7. The van der Waals surface area contributed by atoms with E-state index in [1.165, 1.54) is 47.1 Å². The molecule has 0 unspecified atom stereocenters. The van der Waals surface area contributed by atoms with Crippen molar-refractivity contribution in [3.05, 3.63) is 147 Å². The van der Waals surface area contributed by atoms with Crippen LogP contribution in [0.25, 0.3) is 16.9 Å². The van der Waals surface area contributed by atoms with Crippen molar-refractivity contribution in [3.63, 3.8) is 0 Å². The van der Waals surface area contributed by atoms with Crippen LogP contribution in [0.1, 0.15) is 20.7 Å². The minimum Gasteiger partial charge on any atom is -0.268 e. The molecule has 11 nitrogen and oxygen atoms in total. The van der Waals surface area contributed by atoms with Crippen LogP contribution in [0.3, 0.4) is 0 Å². The van der Waals surface area contributed by atoms with E-state index in [4.69, 9.17) is 0 Å². The van der Waals surface area contributed by atoms with Gasteiger partial charge in [-0.25, -0.2) is 9.58 Å². The van der Waals surface area contributed by atoms with Crippen LogP contribution in [-0.4, -0.2) is 31.4 Å². The molecule has 0 saturated heterocycles. The summed E-state index contributed by atoms with van der Waals surface area (Å²) in [5.41, 5.74) is -0.243. The average molecular weight is 534 g/mol. The maximum atomic E-state index is 14.1. The van der Waals surface area contributed by atoms with E-state index in [-0.39, 0.29) is 16.9 Å². The van der Waals surface area contributed by atoms with Gasteiger partial charge in [-0.2, -0.15) is 5.10 Å². The third-order valence-electron chi connectivity index (χ3n) is 6.06. The fourth-order valence-corrected chi connectivity index (χ4v) is 4.21. The van der Waals surface area contributed by atoms with Crippen molar-refractivity contribution in [2.45, 2.75) is 0 Å². The number of para-hydroxylation sites is 3. The first kappa shape index (κ1) is 25.7. The van der Waals surface area contributed by atoms with Crippen molar-refractivity contribution in [2.75, 3.05) is 4.90 Å². The smallest absolute Gasteiger partial charge is 0.268 e. The summed E-state index contributed by atoms with van der Waals surface area (Å²) >= 11 is 0. The zero-order valence-electron chi connectivity index (χ0n) is 20.7. The van der Waals surface area contributed by atoms with E-state index in [1.54, 1.807) is 54.6 Å². The number of amides is 2. The lowest BCUT2D eigenvalue weighted by Crippen LogP contribution is -2.39. The molecule has 11 heteroatoms. The summed E-state index contributed by atoms with van der Waals surface area (Å²) in [5.74, 6) is -2.16. The predicted octanol–water partition coefficient (Wildman–Crippen LogP) is 5.84. The number of hydrogen-bond acceptors (Lipinski definition) is 7. The third kappa shape index (κ3) is 4.82. The summed E-state index contributed by atoms with van der Waals surface area (Å²) in [6, 6.07) is 29.5. The van der Waals surface area contributed by atoms with Crippen molar-refractivity contribution < 1.29 is 19.4 Å². The molecule has 196 valence electrons. The topological polar surface area (TPSA) is 141 Å². The van der Waals surface area contributed by atoms with E-state index < -0.39 is 33.0 Å². The molecule has 0 aliphatic heterocycles. The van der Waals surface area contributed by atoms with Crippen LogP contribution in [0.4, 0.5) is 17.2 Å². The SMILES string of the molecule is O=C(c1ccccc1[N+](=O)[O-])N(C(=O)c1ccccc1[N+](=O)[O-])c1cc(-c2ccccc2)nn1-c1ccccc1. The Balaban J connectivity index is 1.79. The van der Waals surface area contributed by atoms with Gasteiger partial charge in [-0.15, -0.1) is 0 Å². The number of benzene rings is 4. The highest BCUT2D eigenvalue weighted by Crippen LogP contribution is 2.32. The first-order valence-corrected chi connectivity index (χ1v) is 11.9. The van der Waals surface area contributed by atoms with Gasteiger partial charge in [0.15, 0.2) is 0 Å². The summed E-state index contributed by atoms with van der Waals surface area (Å²) in [4.78, 5) is 51.0. The van der Waals surface area contributed by atoms with Crippen LogP contribution in [0.2, 0.25) is 0 Å². The minimum absolute atomic E-state index is 0.0589. The maximum Gasteiger partial charge on any atom is 0.282 e. The van der Waals surface area contributed by atoms with Gasteiger partial charge < -0.3 is 0 Å². The summed E-state index contributed by atoms with van der Waals surface area (Å²) in [6.45, 7) is 0. The van der Waals surface area contributed by atoms with Crippen LogP contribution < -0.4 is 4.90 Å². The minimum atomic E-state index is -1.05. The fraction of sp³-hybridized carbons (Fsp3) is 0. The van der Waals surface area contributed by atoms with Crippen LogP contribution in [0.5, 0.6) is 0 Å². The normalized spacial score (nSPS) is 10.6. The number of nitrogens with zero attached hydrogens (tertiary/aromatic N) is 5. The Labute approximate surface area is 226 Å². The second kappa shape index (κ2) is 10.8. The Morgan fingerprint density at radius 3 is 1.60 bits per heavy atom. The van der Waals surface area contributed by atoms with Crippen molar-refractivity contribution in [3.8, 4) is 16.9 Å². The zero-order valence-corrected chi connectivity index (χ0v) is 20.7. The molecule has 0 aliphatic carbocycles. The van der Waals surface area contributed by atoms with Crippen molar-refractivity contribution >= 4 is 29.0 Å². The highest BCUT2D eigenvalue weighted by molar-refractivity contribution is 6.27. The van der Waals surface area contributed by atoms with Crippen molar-refractivity contribution in [2.24, 2.45) is 0 Å². The summed E-state index contributed by atoms with van der Waals surface area (Å²) < 4.78 is 1.35. The van der Waals surface area contributed by atoms with Crippen LogP contribution >= 0.6 is 0 Å². The van der Waals surface area contributed by atoms with Crippen molar-refractivity contribution in [1.82, 2.24) is 9.78 Å². The molecule has 0 bridgehead atoms. The zero-order chi connectivity index (χ0) is 28.2. The highest BCUT2D eigenvalue weighted by Gasteiger charge is 2.36. The number of aromatic nitrogens is 2. The maximum absolute atomic E-state index is 14.1. The van der Waals surface area contributed by atoms with E-state index in [1.807, 2.05) is 6.07 Å². The molecule has 5 rings (SSSR count). The van der Waals surface area contributed by atoms with E-state index >= 15 is 0 Å². The largest absolute Gasteiger partial charge is 0.282 e. The molecule has 5 aromatic rings. The molecule has 0 N–H and O–H groups in total. The lowest BCUT2D eigenvalue weighted by atomic mass is 10.1. The second-order valence-corrected chi connectivity index (χ2v) is 8.50. The summed E-state index contributed by atoms with van der Waals surface area (Å²) in [7, 11) is 0. The molecule has 0 radical (unpaired) electrons. The van der Waals surface area contributed by atoms with Gasteiger partial charge in [0.2, 0.25) is 0 Å². The molecular formula is C29H19N5O6. The van der Waals surface area contributed by atoms with Gasteiger partial charge >= 0.3 is 0 Å². The number of carbonyl (C=O) groups is 2. The van der Waals surface area contributed by atoms with Gasteiger partial charge in [0.25, 0.3) is 23.2 Å². The molecule has 0 saturated carbocycles. The number of imide groups is 1. The Hall–Kier alpha value is -5.97. The van der Waals surface area contributed by atoms with Crippen LogP contribution in [0.15, 0.2) is 115 Å². The monoisotopic (exact) mass is 533 g/mol. The van der Waals surface area contributed by atoms with Gasteiger partial charge in [-0.1, -0.05) is 72.8 Å². The first-order chi connectivity index (χ1) is 19.4. The molecule has 1 heterocycles. The average Bonchev–Trinajstić information content (AvgIpc) is 3.43. The standard InChI is InChI=1S/C29H19N5O6/c35-28(22-15-7-9-17-25(22)33(37)38)31(29(36)23-16-8-10-18-26(23)34(39)40)27-19-24(20-11-3-1-4-12-20)30-32(27)21-13-5-2-6-14-21/h1-19H. The number of hydrogen-bond donors (Lipinski definition) is 0. The predicted molar refractivity (Wildman–Crippen MR) is 146 cm³/mol. The fourth-order valence-electron chi connectivity index (χ4n) is 4.21. The summed E-state index contributed by atoms with van der Waals surface area (Å²) in [5, 5.41) is 28.2. The van der Waals surface area contributed by atoms with E-state index in [0.29, 0.717) is 21.8 Å². The van der Waals surface area contributed by atoms with Gasteiger partial charge in [-0.3, -0.25) is 29.8 Å². The highest BCUT2D eigenvalue weighted by atomic mass is 16.6. The molecule has 0 fully saturated rings. The molecular weight excluding hydrogens is 514 g/mol. The number of carbonyl (C=O) groups excluding carboxylic acids is 2. The van der Waals surface area contributed by atoms with E-state index in [0.717, 1.165) is 12.1 Å². The molecule has 1 aromatic heterocycles. The Morgan fingerprint density at radius 2 is 1.10 bits per heavy atom.